The summed E-state index contributed by atoms with van der Waals surface area (Å²) in [5.74, 6) is -0.0282. The van der Waals surface area contributed by atoms with E-state index in [1.165, 1.54) is 0 Å². The summed E-state index contributed by atoms with van der Waals surface area (Å²) in [6.07, 6.45) is 1.49. The SMILES string of the molecule is Cc1cc(Br)ccc1NC(=O)CN1CCCC(O)C1. The lowest BCUT2D eigenvalue weighted by molar-refractivity contribution is -0.118. The van der Waals surface area contributed by atoms with E-state index >= 15 is 0 Å². The summed E-state index contributed by atoms with van der Waals surface area (Å²) in [5, 5.41) is 12.5. The summed E-state index contributed by atoms with van der Waals surface area (Å²) in [7, 11) is 0. The van der Waals surface area contributed by atoms with Gasteiger partial charge in [-0.25, -0.2) is 0 Å². The standard InChI is InChI=1S/C14H19BrN2O2/c1-10-7-11(15)4-5-13(10)16-14(19)9-17-6-2-3-12(18)8-17/h4-5,7,12,18H,2-3,6,8-9H2,1H3,(H,16,19). The Morgan fingerprint density at radius 2 is 2.37 bits per heavy atom. The van der Waals surface area contributed by atoms with Crippen LogP contribution in [0.4, 0.5) is 5.69 Å². The number of halogens is 1. The molecule has 1 heterocycles. The van der Waals surface area contributed by atoms with Crippen molar-refractivity contribution in [3.8, 4) is 0 Å². The second-order valence-corrected chi connectivity index (χ2v) is 5.95. The zero-order valence-electron chi connectivity index (χ0n) is 11.0. The number of likely N-dealkylation sites (tertiary alicyclic amines) is 1. The molecular weight excluding hydrogens is 308 g/mol. The van der Waals surface area contributed by atoms with E-state index in [0.717, 1.165) is 35.1 Å². The molecule has 1 aliphatic heterocycles. The van der Waals surface area contributed by atoms with Crippen molar-refractivity contribution in [2.24, 2.45) is 0 Å². The van der Waals surface area contributed by atoms with Gasteiger partial charge in [-0.1, -0.05) is 15.9 Å². The van der Waals surface area contributed by atoms with Crippen molar-refractivity contribution < 1.29 is 9.90 Å². The highest BCUT2D eigenvalue weighted by Crippen LogP contribution is 2.20. The van der Waals surface area contributed by atoms with E-state index < -0.39 is 0 Å². The van der Waals surface area contributed by atoms with E-state index in [9.17, 15) is 9.90 Å². The molecule has 0 radical (unpaired) electrons. The third-order valence-electron chi connectivity index (χ3n) is 3.31. The molecule has 1 saturated heterocycles. The minimum absolute atomic E-state index is 0.0282. The molecule has 19 heavy (non-hydrogen) atoms. The Kier molecular flexibility index (Phi) is 4.96. The average molecular weight is 327 g/mol. The molecule has 2 rings (SSSR count). The first-order valence-electron chi connectivity index (χ1n) is 6.51. The Bertz CT molecular complexity index is 465. The quantitative estimate of drug-likeness (QED) is 0.894. The zero-order chi connectivity index (χ0) is 13.8. The summed E-state index contributed by atoms with van der Waals surface area (Å²) in [6.45, 7) is 3.77. The van der Waals surface area contributed by atoms with Gasteiger partial charge in [-0.15, -0.1) is 0 Å². The van der Waals surface area contributed by atoms with E-state index in [2.05, 4.69) is 21.2 Å². The smallest absolute Gasteiger partial charge is 0.238 e. The van der Waals surface area contributed by atoms with Crippen LogP contribution in [0.1, 0.15) is 18.4 Å². The number of nitrogens with one attached hydrogen (secondary N) is 1. The van der Waals surface area contributed by atoms with Gasteiger partial charge < -0.3 is 10.4 Å². The van der Waals surface area contributed by atoms with Crippen LogP contribution in [0, 0.1) is 6.92 Å². The first-order valence-corrected chi connectivity index (χ1v) is 7.30. The average Bonchev–Trinajstić information content (AvgIpc) is 2.33. The number of aryl methyl sites for hydroxylation is 1. The van der Waals surface area contributed by atoms with E-state index in [1.54, 1.807) is 0 Å². The van der Waals surface area contributed by atoms with Crippen LogP contribution in [0.3, 0.4) is 0 Å². The zero-order valence-corrected chi connectivity index (χ0v) is 12.6. The van der Waals surface area contributed by atoms with Crippen LogP contribution >= 0.6 is 15.9 Å². The number of amides is 1. The van der Waals surface area contributed by atoms with Crippen LogP contribution < -0.4 is 5.32 Å². The Labute approximate surface area is 121 Å². The van der Waals surface area contributed by atoms with Gasteiger partial charge in [0, 0.05) is 16.7 Å². The number of carbonyl (C=O) groups excluding carboxylic acids is 1. The Hall–Kier alpha value is -0.910. The minimum atomic E-state index is -0.295. The number of anilines is 1. The molecule has 0 aliphatic carbocycles. The lowest BCUT2D eigenvalue weighted by atomic mass is 10.1. The fraction of sp³-hybridized carbons (Fsp3) is 0.500. The Morgan fingerprint density at radius 3 is 3.05 bits per heavy atom. The normalized spacial score (nSPS) is 20.3. The summed E-state index contributed by atoms with van der Waals surface area (Å²) in [6, 6.07) is 5.77. The van der Waals surface area contributed by atoms with Crippen LogP contribution in [0.5, 0.6) is 0 Å². The molecule has 1 aromatic carbocycles. The molecule has 1 unspecified atom stereocenters. The molecule has 1 fully saturated rings. The van der Waals surface area contributed by atoms with Gasteiger partial charge in [0.05, 0.1) is 12.6 Å². The minimum Gasteiger partial charge on any atom is -0.392 e. The van der Waals surface area contributed by atoms with Gasteiger partial charge in [0.2, 0.25) is 5.91 Å². The van der Waals surface area contributed by atoms with E-state index in [1.807, 2.05) is 30.0 Å². The Morgan fingerprint density at radius 1 is 1.58 bits per heavy atom. The number of piperidine rings is 1. The third kappa shape index (κ3) is 4.30. The Balaban J connectivity index is 1.90. The number of aliphatic hydroxyl groups excluding tert-OH is 1. The van der Waals surface area contributed by atoms with Crippen LogP contribution in [0.2, 0.25) is 0 Å². The van der Waals surface area contributed by atoms with Crippen LogP contribution in [0.25, 0.3) is 0 Å². The number of aliphatic hydroxyl groups is 1. The van der Waals surface area contributed by atoms with E-state index in [0.29, 0.717) is 13.1 Å². The fourth-order valence-corrected chi connectivity index (χ4v) is 2.81. The van der Waals surface area contributed by atoms with Gasteiger partial charge in [-0.2, -0.15) is 0 Å². The van der Waals surface area contributed by atoms with Gasteiger partial charge in [0.25, 0.3) is 0 Å². The molecular formula is C14H19BrN2O2. The lowest BCUT2D eigenvalue weighted by Gasteiger charge is -2.29. The lowest BCUT2D eigenvalue weighted by Crippen LogP contribution is -2.42. The highest BCUT2D eigenvalue weighted by molar-refractivity contribution is 9.10. The van der Waals surface area contributed by atoms with E-state index in [-0.39, 0.29) is 12.0 Å². The van der Waals surface area contributed by atoms with Crippen molar-refractivity contribution in [1.82, 2.24) is 4.90 Å². The number of benzene rings is 1. The van der Waals surface area contributed by atoms with Crippen molar-refractivity contribution in [2.75, 3.05) is 25.0 Å². The molecule has 2 N–H and O–H groups in total. The second kappa shape index (κ2) is 6.50. The largest absolute Gasteiger partial charge is 0.392 e. The summed E-state index contributed by atoms with van der Waals surface area (Å²) in [4.78, 5) is 14.0. The van der Waals surface area contributed by atoms with Gasteiger partial charge in [-0.05, 0) is 50.1 Å². The highest BCUT2D eigenvalue weighted by Gasteiger charge is 2.19. The topological polar surface area (TPSA) is 52.6 Å². The number of hydrogen-bond donors (Lipinski definition) is 2. The highest BCUT2D eigenvalue weighted by atomic mass is 79.9. The molecule has 1 aromatic rings. The first-order chi connectivity index (χ1) is 9.04. The molecule has 1 aliphatic rings. The first kappa shape index (κ1) is 14.5. The van der Waals surface area contributed by atoms with Crippen LogP contribution in [-0.2, 0) is 4.79 Å². The number of hydrogen-bond acceptors (Lipinski definition) is 3. The summed E-state index contributed by atoms with van der Waals surface area (Å²) < 4.78 is 1.00. The fourth-order valence-electron chi connectivity index (χ4n) is 2.33. The van der Waals surface area contributed by atoms with Gasteiger partial charge in [0.1, 0.15) is 0 Å². The molecule has 1 amide bonds. The number of carbonyl (C=O) groups is 1. The maximum atomic E-state index is 12.0. The summed E-state index contributed by atoms with van der Waals surface area (Å²) in [5.41, 5.74) is 1.87. The third-order valence-corrected chi connectivity index (χ3v) is 3.80. The van der Waals surface area contributed by atoms with Crippen LogP contribution in [-0.4, -0.2) is 41.7 Å². The molecule has 0 bridgehead atoms. The van der Waals surface area contributed by atoms with E-state index in [4.69, 9.17) is 0 Å². The number of β-amino-alcohol motifs (C(OH)–C–C–N with tert-alkyl or cyclic N) is 1. The van der Waals surface area contributed by atoms with Gasteiger partial charge >= 0.3 is 0 Å². The predicted molar refractivity (Wildman–Crippen MR) is 79.2 cm³/mol. The maximum absolute atomic E-state index is 12.0. The molecule has 1 atom stereocenters. The van der Waals surface area contributed by atoms with Crippen molar-refractivity contribution in [2.45, 2.75) is 25.9 Å². The maximum Gasteiger partial charge on any atom is 0.238 e. The molecule has 4 nitrogen and oxygen atoms in total. The van der Waals surface area contributed by atoms with Gasteiger partial charge in [-0.3, -0.25) is 9.69 Å². The molecule has 104 valence electrons. The molecule has 5 heteroatoms. The molecule has 0 spiro atoms. The molecule has 0 saturated carbocycles. The van der Waals surface area contributed by atoms with Crippen molar-refractivity contribution in [3.05, 3.63) is 28.2 Å². The number of rotatable bonds is 3. The number of nitrogens with zero attached hydrogens (tertiary/aromatic N) is 1. The summed E-state index contributed by atoms with van der Waals surface area (Å²) >= 11 is 3.40. The van der Waals surface area contributed by atoms with Crippen LogP contribution in [0.15, 0.2) is 22.7 Å². The predicted octanol–water partition coefficient (Wildman–Crippen LogP) is 2.15. The van der Waals surface area contributed by atoms with Crippen molar-refractivity contribution in [3.63, 3.8) is 0 Å². The molecule has 0 aromatic heterocycles. The second-order valence-electron chi connectivity index (χ2n) is 5.04. The van der Waals surface area contributed by atoms with Gasteiger partial charge in [0.15, 0.2) is 0 Å². The van der Waals surface area contributed by atoms with Crippen molar-refractivity contribution in [1.29, 1.82) is 0 Å². The monoisotopic (exact) mass is 326 g/mol. The van der Waals surface area contributed by atoms with Crippen molar-refractivity contribution >= 4 is 27.5 Å².